The minimum atomic E-state index is -0.918. The topological polar surface area (TPSA) is 77.4 Å². The summed E-state index contributed by atoms with van der Waals surface area (Å²) in [6.45, 7) is 11.6. The van der Waals surface area contributed by atoms with Crippen LogP contribution in [0.25, 0.3) is 0 Å². The lowest BCUT2D eigenvalue weighted by molar-refractivity contribution is -0.172. The van der Waals surface area contributed by atoms with E-state index >= 15 is 0 Å². The van der Waals surface area contributed by atoms with Crippen molar-refractivity contribution in [1.29, 1.82) is 0 Å². The van der Waals surface area contributed by atoms with Gasteiger partial charge in [-0.1, -0.05) is 0 Å². The molecule has 6 heteroatoms. The van der Waals surface area contributed by atoms with Gasteiger partial charge in [0.2, 0.25) is 0 Å². The molecule has 0 saturated heterocycles. The zero-order valence-corrected chi connectivity index (χ0v) is 15.3. The molecule has 0 heterocycles. The zero-order valence-electron chi connectivity index (χ0n) is 15.3. The van der Waals surface area contributed by atoms with Crippen LogP contribution in [-0.2, 0) is 18.9 Å². The van der Waals surface area contributed by atoms with Crippen LogP contribution in [0.5, 0.6) is 0 Å². The molecular formula is C16H34O6. The van der Waals surface area contributed by atoms with Gasteiger partial charge in [0.1, 0.15) is 24.4 Å². The molecule has 0 unspecified atom stereocenters. The van der Waals surface area contributed by atoms with Crippen molar-refractivity contribution in [2.75, 3.05) is 27.4 Å². The van der Waals surface area contributed by atoms with E-state index in [0.29, 0.717) is 0 Å². The Labute approximate surface area is 134 Å². The van der Waals surface area contributed by atoms with E-state index in [4.69, 9.17) is 18.9 Å². The minimum absolute atomic E-state index is 0.0920. The second-order valence-electron chi connectivity index (χ2n) is 7.38. The molecule has 0 saturated carbocycles. The van der Waals surface area contributed by atoms with Gasteiger partial charge in [-0.2, -0.15) is 0 Å². The first kappa shape index (κ1) is 21.8. The van der Waals surface area contributed by atoms with Crippen molar-refractivity contribution in [3.05, 3.63) is 0 Å². The minimum Gasteiger partial charge on any atom is -0.388 e. The summed E-state index contributed by atoms with van der Waals surface area (Å²) in [4.78, 5) is 0. The Kier molecular flexibility index (Phi) is 9.05. The fourth-order valence-corrected chi connectivity index (χ4v) is 1.88. The van der Waals surface area contributed by atoms with E-state index in [-0.39, 0.29) is 24.4 Å². The third kappa shape index (κ3) is 9.02. The van der Waals surface area contributed by atoms with Crippen molar-refractivity contribution in [2.24, 2.45) is 0 Å². The highest BCUT2D eigenvalue weighted by Crippen LogP contribution is 2.17. The van der Waals surface area contributed by atoms with Crippen molar-refractivity contribution in [3.8, 4) is 0 Å². The van der Waals surface area contributed by atoms with E-state index in [9.17, 15) is 10.2 Å². The quantitative estimate of drug-likeness (QED) is 0.667. The first-order chi connectivity index (χ1) is 9.91. The van der Waals surface area contributed by atoms with Crippen molar-refractivity contribution in [2.45, 2.75) is 77.2 Å². The van der Waals surface area contributed by atoms with Crippen molar-refractivity contribution in [1.82, 2.24) is 0 Å². The lowest BCUT2D eigenvalue weighted by atomic mass is 10.0. The first-order valence-corrected chi connectivity index (χ1v) is 7.61. The Morgan fingerprint density at radius 2 is 0.955 bits per heavy atom. The van der Waals surface area contributed by atoms with Gasteiger partial charge in [-0.05, 0) is 41.5 Å². The normalized spacial score (nSPS) is 18.8. The second kappa shape index (κ2) is 9.15. The van der Waals surface area contributed by atoms with Gasteiger partial charge in [-0.3, -0.25) is 0 Å². The first-order valence-electron chi connectivity index (χ1n) is 7.61. The monoisotopic (exact) mass is 322 g/mol. The number of aliphatic hydroxyl groups excluding tert-OH is 2. The predicted molar refractivity (Wildman–Crippen MR) is 85.0 cm³/mol. The van der Waals surface area contributed by atoms with E-state index in [0.717, 1.165) is 0 Å². The predicted octanol–water partition coefficient (Wildman–Crippen LogP) is 1.37. The zero-order chi connectivity index (χ0) is 17.6. The molecule has 0 radical (unpaired) electrons. The molecule has 134 valence electrons. The molecule has 0 bridgehead atoms. The lowest BCUT2D eigenvalue weighted by Crippen LogP contribution is -2.50. The van der Waals surface area contributed by atoms with Crippen LogP contribution in [0.15, 0.2) is 0 Å². The SMILES string of the molecule is CO[C@H]([C@H](OC)[C@@H](O)COC(C)(C)C)[C@@H](O)COC(C)(C)C. The molecular weight excluding hydrogens is 288 g/mol. The third-order valence-electron chi connectivity index (χ3n) is 3.00. The van der Waals surface area contributed by atoms with Crippen LogP contribution in [0, 0.1) is 0 Å². The highest BCUT2D eigenvalue weighted by Gasteiger charge is 2.35. The van der Waals surface area contributed by atoms with Crippen LogP contribution in [0.4, 0.5) is 0 Å². The Morgan fingerprint density at radius 1 is 0.682 bits per heavy atom. The molecule has 0 aromatic carbocycles. The van der Waals surface area contributed by atoms with Gasteiger partial charge in [0, 0.05) is 14.2 Å². The van der Waals surface area contributed by atoms with Crippen LogP contribution in [0.2, 0.25) is 0 Å². The maximum absolute atomic E-state index is 10.3. The highest BCUT2D eigenvalue weighted by molar-refractivity contribution is 4.84. The molecule has 6 nitrogen and oxygen atoms in total. The smallest absolute Gasteiger partial charge is 0.114 e. The maximum atomic E-state index is 10.3. The van der Waals surface area contributed by atoms with Crippen LogP contribution in [0.1, 0.15) is 41.5 Å². The third-order valence-corrected chi connectivity index (χ3v) is 3.00. The number of methoxy groups -OCH3 is 2. The summed E-state index contributed by atoms with van der Waals surface area (Å²) in [5.74, 6) is 0. The Morgan fingerprint density at radius 3 is 1.14 bits per heavy atom. The maximum Gasteiger partial charge on any atom is 0.114 e. The van der Waals surface area contributed by atoms with Gasteiger partial charge in [-0.25, -0.2) is 0 Å². The van der Waals surface area contributed by atoms with Gasteiger partial charge < -0.3 is 29.2 Å². The van der Waals surface area contributed by atoms with Crippen LogP contribution in [0.3, 0.4) is 0 Å². The number of rotatable bonds is 9. The van der Waals surface area contributed by atoms with Gasteiger partial charge >= 0.3 is 0 Å². The van der Waals surface area contributed by atoms with Gasteiger partial charge in [-0.15, -0.1) is 0 Å². The van der Waals surface area contributed by atoms with Gasteiger partial charge in [0.05, 0.1) is 24.4 Å². The van der Waals surface area contributed by atoms with Gasteiger partial charge in [0.15, 0.2) is 0 Å². The summed E-state index contributed by atoms with van der Waals surface area (Å²) >= 11 is 0. The van der Waals surface area contributed by atoms with Crippen molar-refractivity contribution in [3.63, 3.8) is 0 Å². The van der Waals surface area contributed by atoms with Gasteiger partial charge in [0.25, 0.3) is 0 Å². The summed E-state index contributed by atoms with van der Waals surface area (Å²) < 4.78 is 21.8. The average Bonchev–Trinajstić information content (AvgIpc) is 2.37. The molecule has 0 amide bonds. The number of hydrogen-bond acceptors (Lipinski definition) is 6. The van der Waals surface area contributed by atoms with E-state index < -0.39 is 24.4 Å². The molecule has 0 rings (SSSR count). The lowest BCUT2D eigenvalue weighted by Gasteiger charge is -2.34. The molecule has 0 fully saturated rings. The van der Waals surface area contributed by atoms with E-state index in [1.807, 2.05) is 41.5 Å². The van der Waals surface area contributed by atoms with E-state index in [2.05, 4.69) is 0 Å². The summed E-state index contributed by atoms with van der Waals surface area (Å²) in [7, 11) is 2.93. The second-order valence-corrected chi connectivity index (χ2v) is 7.38. The fraction of sp³-hybridized carbons (Fsp3) is 1.00. The summed E-state index contributed by atoms with van der Waals surface area (Å²) in [5.41, 5.74) is -0.731. The largest absolute Gasteiger partial charge is 0.388 e. The Bertz CT molecular complexity index is 264. The molecule has 22 heavy (non-hydrogen) atoms. The number of ether oxygens (including phenoxy) is 4. The average molecular weight is 322 g/mol. The van der Waals surface area contributed by atoms with Crippen LogP contribution < -0.4 is 0 Å². The number of aliphatic hydroxyl groups is 2. The summed E-state index contributed by atoms with van der Waals surface area (Å²) in [5, 5.41) is 20.5. The molecule has 2 N–H and O–H groups in total. The number of hydrogen-bond donors (Lipinski definition) is 2. The molecule has 0 aliphatic carbocycles. The Hall–Kier alpha value is -0.240. The Balaban J connectivity index is 4.70. The fourth-order valence-electron chi connectivity index (χ4n) is 1.88. The van der Waals surface area contributed by atoms with Crippen molar-refractivity contribution < 1.29 is 29.2 Å². The molecule has 0 aliphatic heterocycles. The standard InChI is InChI=1S/C16H34O6/c1-15(2,3)21-9-11(17)13(19-7)14(20-8)12(18)10-22-16(4,5)6/h11-14,17-18H,9-10H2,1-8H3/t11-,12-,13-,14+/m0/s1. The van der Waals surface area contributed by atoms with Crippen LogP contribution >= 0.6 is 0 Å². The van der Waals surface area contributed by atoms with E-state index in [1.54, 1.807) is 0 Å². The van der Waals surface area contributed by atoms with Crippen molar-refractivity contribution >= 4 is 0 Å². The van der Waals surface area contributed by atoms with E-state index in [1.165, 1.54) is 14.2 Å². The summed E-state index contributed by atoms with van der Waals surface area (Å²) in [6.07, 6.45) is -3.27. The van der Waals surface area contributed by atoms with Crippen LogP contribution in [-0.4, -0.2) is 73.3 Å². The molecule has 0 spiro atoms. The molecule has 0 aromatic rings. The molecule has 0 aliphatic rings. The summed E-state index contributed by atoms with van der Waals surface area (Å²) in [6, 6.07) is 0. The molecule has 4 atom stereocenters. The molecule has 0 aromatic heterocycles. The highest BCUT2D eigenvalue weighted by atomic mass is 16.6.